The first-order valence-corrected chi connectivity index (χ1v) is 5.94. The van der Waals surface area contributed by atoms with E-state index < -0.39 is 7.82 Å². The number of aromatic nitrogens is 2. The number of halogens is 2. The molecule has 1 aromatic heterocycles. The molecule has 0 saturated heterocycles. The van der Waals surface area contributed by atoms with Crippen molar-refractivity contribution in [2.75, 3.05) is 14.2 Å². The van der Waals surface area contributed by atoms with Crippen molar-refractivity contribution >= 4 is 31.0 Å². The fourth-order valence-corrected chi connectivity index (χ4v) is 1.78. The highest BCUT2D eigenvalue weighted by atomic mass is 35.5. The van der Waals surface area contributed by atoms with Crippen molar-refractivity contribution in [3.8, 4) is 5.88 Å². The van der Waals surface area contributed by atoms with Gasteiger partial charge in [-0.15, -0.1) is 5.10 Å². The Morgan fingerprint density at radius 2 is 1.87 bits per heavy atom. The van der Waals surface area contributed by atoms with Crippen LogP contribution in [-0.2, 0) is 20.7 Å². The van der Waals surface area contributed by atoms with Crippen LogP contribution in [0.5, 0.6) is 5.88 Å². The molecule has 0 spiro atoms. The molecule has 0 unspecified atom stereocenters. The number of phosphoric acid groups is 1. The van der Waals surface area contributed by atoms with E-state index >= 15 is 0 Å². The Labute approximate surface area is 96.6 Å². The highest BCUT2D eigenvalue weighted by molar-refractivity contribution is 7.48. The number of hydrogen-bond acceptors (Lipinski definition) is 5. The summed E-state index contributed by atoms with van der Waals surface area (Å²) in [6.45, 7) is 0. The fraction of sp³-hybridized carbons (Fsp3) is 0.500. The minimum atomic E-state index is -3.66. The van der Waals surface area contributed by atoms with Gasteiger partial charge in [-0.05, 0) is 0 Å². The van der Waals surface area contributed by atoms with Gasteiger partial charge in [-0.2, -0.15) is 0 Å². The van der Waals surface area contributed by atoms with Crippen molar-refractivity contribution in [2.45, 2.75) is 0 Å². The SMILES string of the molecule is COP(=O)(OC)Oc1nn(C)c(Cl)c1Cl. The van der Waals surface area contributed by atoms with Crippen molar-refractivity contribution in [2.24, 2.45) is 7.05 Å². The summed E-state index contributed by atoms with van der Waals surface area (Å²) in [7, 11) is 0.272. The topological polar surface area (TPSA) is 62.6 Å². The molecule has 9 heteroatoms. The monoisotopic (exact) mass is 274 g/mol. The molecule has 0 fully saturated rings. The van der Waals surface area contributed by atoms with Crippen LogP contribution in [-0.4, -0.2) is 24.0 Å². The predicted molar refractivity (Wildman–Crippen MR) is 55.5 cm³/mol. The second kappa shape index (κ2) is 4.72. The summed E-state index contributed by atoms with van der Waals surface area (Å²) in [6.07, 6.45) is 0. The van der Waals surface area contributed by atoms with E-state index in [1.807, 2.05) is 0 Å². The molecule has 0 atom stereocenters. The third-order valence-electron chi connectivity index (χ3n) is 1.54. The van der Waals surface area contributed by atoms with Gasteiger partial charge in [0.25, 0.3) is 5.88 Å². The zero-order valence-corrected chi connectivity index (χ0v) is 10.6. The summed E-state index contributed by atoms with van der Waals surface area (Å²) in [4.78, 5) is 0. The highest BCUT2D eigenvalue weighted by Crippen LogP contribution is 2.49. The van der Waals surface area contributed by atoms with Gasteiger partial charge in [0.2, 0.25) is 0 Å². The smallest absolute Gasteiger partial charge is 0.382 e. The summed E-state index contributed by atoms with van der Waals surface area (Å²) < 4.78 is 26.9. The average molecular weight is 275 g/mol. The Morgan fingerprint density at radius 1 is 1.33 bits per heavy atom. The lowest BCUT2D eigenvalue weighted by Crippen LogP contribution is -1.98. The van der Waals surface area contributed by atoms with Crippen LogP contribution in [0.2, 0.25) is 10.2 Å². The Morgan fingerprint density at radius 3 is 2.20 bits per heavy atom. The molecule has 0 aliphatic carbocycles. The van der Waals surface area contributed by atoms with Crippen LogP contribution in [0.4, 0.5) is 0 Å². The van der Waals surface area contributed by atoms with Crippen LogP contribution in [0.15, 0.2) is 0 Å². The van der Waals surface area contributed by atoms with Crippen molar-refractivity contribution < 1.29 is 18.1 Å². The van der Waals surface area contributed by atoms with Crippen molar-refractivity contribution in [3.63, 3.8) is 0 Å². The normalized spacial score (nSPS) is 11.8. The largest absolute Gasteiger partial charge is 0.530 e. The summed E-state index contributed by atoms with van der Waals surface area (Å²) >= 11 is 11.5. The van der Waals surface area contributed by atoms with Gasteiger partial charge < -0.3 is 4.52 Å². The molecule has 0 amide bonds. The van der Waals surface area contributed by atoms with Crippen LogP contribution in [0.1, 0.15) is 0 Å². The van der Waals surface area contributed by atoms with E-state index in [2.05, 4.69) is 14.1 Å². The average Bonchev–Trinajstić information content (AvgIpc) is 2.46. The first-order valence-electron chi connectivity index (χ1n) is 3.72. The zero-order valence-electron chi connectivity index (χ0n) is 8.23. The Balaban J connectivity index is 2.99. The molecule has 0 aliphatic heterocycles. The minimum Gasteiger partial charge on any atom is -0.382 e. The first-order chi connectivity index (χ1) is 6.93. The fourth-order valence-electron chi connectivity index (χ4n) is 0.768. The molecule has 6 nitrogen and oxygen atoms in total. The van der Waals surface area contributed by atoms with Crippen LogP contribution in [0, 0.1) is 0 Å². The number of rotatable bonds is 4. The summed E-state index contributed by atoms with van der Waals surface area (Å²) in [5, 5.41) is 4.01. The standard InChI is InChI=1S/C6H9Cl2N2O4P/c1-10-5(8)4(7)6(9-10)14-15(11,12-2)13-3/h1-3H3. The van der Waals surface area contributed by atoms with Gasteiger partial charge in [-0.25, -0.2) is 4.57 Å². The minimum absolute atomic E-state index is 0.0495. The lowest BCUT2D eigenvalue weighted by atomic mass is 10.7. The third-order valence-corrected chi connectivity index (χ3v) is 3.70. The molecule has 0 aromatic carbocycles. The van der Waals surface area contributed by atoms with E-state index in [1.165, 1.54) is 18.9 Å². The van der Waals surface area contributed by atoms with E-state index in [-0.39, 0.29) is 16.1 Å². The molecule has 0 N–H and O–H groups in total. The lowest BCUT2D eigenvalue weighted by molar-refractivity contribution is 0.208. The lowest BCUT2D eigenvalue weighted by Gasteiger charge is -2.11. The van der Waals surface area contributed by atoms with Gasteiger partial charge in [0.05, 0.1) is 0 Å². The number of hydrogen-bond donors (Lipinski definition) is 0. The predicted octanol–water partition coefficient (Wildman–Crippen LogP) is 2.51. The highest BCUT2D eigenvalue weighted by Gasteiger charge is 2.28. The number of phosphoric ester groups is 1. The van der Waals surface area contributed by atoms with Gasteiger partial charge in [-0.1, -0.05) is 23.2 Å². The van der Waals surface area contributed by atoms with E-state index in [0.717, 1.165) is 0 Å². The zero-order chi connectivity index (χ0) is 11.6. The maximum atomic E-state index is 11.6. The van der Waals surface area contributed by atoms with E-state index in [0.29, 0.717) is 0 Å². The molecule has 86 valence electrons. The van der Waals surface area contributed by atoms with E-state index in [9.17, 15) is 4.57 Å². The summed E-state index contributed by atoms with van der Waals surface area (Å²) in [5.74, 6) is -0.101. The molecule has 1 aromatic rings. The Kier molecular flexibility index (Phi) is 4.03. The van der Waals surface area contributed by atoms with Crippen LogP contribution in [0.3, 0.4) is 0 Å². The molecular formula is C6H9Cl2N2O4P. The van der Waals surface area contributed by atoms with Crippen molar-refractivity contribution in [3.05, 3.63) is 10.2 Å². The summed E-state index contributed by atoms with van der Waals surface area (Å²) in [5.41, 5.74) is 0. The molecule has 15 heavy (non-hydrogen) atoms. The molecule has 0 radical (unpaired) electrons. The molecule has 0 saturated carbocycles. The quantitative estimate of drug-likeness (QED) is 0.790. The number of nitrogens with zero attached hydrogens (tertiary/aromatic N) is 2. The van der Waals surface area contributed by atoms with Crippen molar-refractivity contribution in [1.29, 1.82) is 0 Å². The van der Waals surface area contributed by atoms with Gasteiger partial charge in [0, 0.05) is 21.3 Å². The molecule has 1 heterocycles. The van der Waals surface area contributed by atoms with Gasteiger partial charge in [0.1, 0.15) is 10.2 Å². The van der Waals surface area contributed by atoms with Gasteiger partial charge >= 0.3 is 7.82 Å². The van der Waals surface area contributed by atoms with Crippen LogP contribution >= 0.6 is 31.0 Å². The van der Waals surface area contributed by atoms with Gasteiger partial charge in [0.15, 0.2) is 0 Å². The Hall–Kier alpha value is -0.260. The molecule has 0 aliphatic rings. The maximum absolute atomic E-state index is 11.6. The first kappa shape index (κ1) is 12.8. The van der Waals surface area contributed by atoms with Crippen molar-refractivity contribution in [1.82, 2.24) is 9.78 Å². The second-order valence-electron chi connectivity index (χ2n) is 2.44. The molecular weight excluding hydrogens is 266 g/mol. The van der Waals surface area contributed by atoms with Gasteiger partial charge in [-0.3, -0.25) is 13.7 Å². The second-order valence-corrected chi connectivity index (χ2v) is 4.98. The van der Waals surface area contributed by atoms with E-state index in [4.69, 9.17) is 27.7 Å². The number of aryl methyl sites for hydroxylation is 1. The van der Waals surface area contributed by atoms with Crippen LogP contribution < -0.4 is 4.52 Å². The van der Waals surface area contributed by atoms with Crippen LogP contribution in [0.25, 0.3) is 0 Å². The molecule has 0 bridgehead atoms. The third kappa shape index (κ3) is 2.65. The Bertz CT molecular complexity index is 400. The molecule has 1 rings (SSSR count). The maximum Gasteiger partial charge on any atom is 0.530 e. The van der Waals surface area contributed by atoms with E-state index in [1.54, 1.807) is 7.05 Å². The summed E-state index contributed by atoms with van der Waals surface area (Å²) in [6, 6.07) is 0.